The van der Waals surface area contributed by atoms with E-state index in [1.54, 1.807) is 30.0 Å². The van der Waals surface area contributed by atoms with E-state index in [-0.39, 0.29) is 18.6 Å². The van der Waals surface area contributed by atoms with Crippen molar-refractivity contribution in [1.82, 2.24) is 20.6 Å². The van der Waals surface area contributed by atoms with Crippen LogP contribution in [0.3, 0.4) is 0 Å². The van der Waals surface area contributed by atoms with Crippen LogP contribution in [0.4, 0.5) is 10.5 Å². The number of nitrogens with one attached hydrogen (secondary N) is 4. The minimum Gasteiger partial charge on any atom is -0.340 e. The molecule has 3 aromatic rings. The van der Waals surface area contributed by atoms with Gasteiger partial charge in [-0.3, -0.25) is 4.72 Å². The number of anilines is 1. The summed E-state index contributed by atoms with van der Waals surface area (Å²) in [5.41, 5.74) is 3.03. The number of hydrogen-bond acceptors (Lipinski definition) is 5. The van der Waals surface area contributed by atoms with E-state index in [0.717, 1.165) is 40.9 Å². The summed E-state index contributed by atoms with van der Waals surface area (Å²) in [6.45, 7) is 0.264. The fraction of sp³-hybridized carbons (Fsp3) is 0.300. The largest absolute Gasteiger partial charge is 0.340 e. The minimum absolute atomic E-state index is 0.247. The number of imidazole rings is 1. The molecule has 2 amide bonds. The molecular formula is C20H25N5O3S2. The van der Waals surface area contributed by atoms with E-state index in [9.17, 15) is 13.2 Å². The molecule has 2 aromatic carbocycles. The number of amides is 2. The van der Waals surface area contributed by atoms with Gasteiger partial charge in [-0.15, -0.1) is 0 Å². The molecule has 0 saturated carbocycles. The second-order valence-corrected chi connectivity index (χ2v) is 9.61. The lowest BCUT2D eigenvalue weighted by Crippen LogP contribution is -2.38. The van der Waals surface area contributed by atoms with Crippen molar-refractivity contribution in [2.45, 2.75) is 19.0 Å². The molecule has 0 spiro atoms. The summed E-state index contributed by atoms with van der Waals surface area (Å²) >= 11 is 1.71. The van der Waals surface area contributed by atoms with Gasteiger partial charge in [0.2, 0.25) is 10.0 Å². The number of urea groups is 1. The molecule has 0 aliphatic rings. The summed E-state index contributed by atoms with van der Waals surface area (Å²) in [5.74, 6) is 1.60. The minimum atomic E-state index is -3.35. The number of benzene rings is 2. The summed E-state index contributed by atoms with van der Waals surface area (Å²) < 4.78 is 25.2. The van der Waals surface area contributed by atoms with Gasteiger partial charge in [0.25, 0.3) is 0 Å². The normalized spacial score (nSPS) is 12.5. The number of rotatable bonds is 9. The monoisotopic (exact) mass is 447 g/mol. The highest BCUT2D eigenvalue weighted by molar-refractivity contribution is 7.98. The molecule has 0 saturated heterocycles. The van der Waals surface area contributed by atoms with Crippen molar-refractivity contribution in [3.8, 4) is 0 Å². The maximum atomic E-state index is 12.5. The summed E-state index contributed by atoms with van der Waals surface area (Å²) in [6.07, 6.45) is 3.85. The quantitative estimate of drug-likeness (QED) is 0.402. The Bertz CT molecular complexity index is 1080. The second-order valence-electron chi connectivity index (χ2n) is 6.87. The molecule has 0 unspecified atom stereocenters. The zero-order valence-corrected chi connectivity index (χ0v) is 18.4. The average molecular weight is 448 g/mol. The third-order valence-corrected chi connectivity index (χ3v) is 5.59. The summed E-state index contributed by atoms with van der Waals surface area (Å²) in [7, 11) is -3.35. The van der Waals surface area contributed by atoms with E-state index in [0.29, 0.717) is 5.69 Å². The van der Waals surface area contributed by atoms with Crippen LogP contribution in [0.2, 0.25) is 0 Å². The summed E-state index contributed by atoms with van der Waals surface area (Å²) in [6, 6.07) is 14.1. The molecule has 4 N–H and O–H groups in total. The fourth-order valence-corrected chi connectivity index (χ4v) is 4.03. The van der Waals surface area contributed by atoms with Gasteiger partial charge in [0, 0.05) is 12.2 Å². The molecule has 30 heavy (non-hydrogen) atoms. The molecule has 1 heterocycles. The third-order valence-electron chi connectivity index (χ3n) is 4.34. The van der Waals surface area contributed by atoms with Crippen molar-refractivity contribution in [2.75, 3.05) is 23.0 Å². The number of aromatic amines is 1. The summed E-state index contributed by atoms with van der Waals surface area (Å²) in [4.78, 5) is 20.4. The Morgan fingerprint density at radius 1 is 1.20 bits per heavy atom. The smallest absolute Gasteiger partial charge is 0.315 e. The van der Waals surface area contributed by atoms with Crippen LogP contribution in [0.25, 0.3) is 11.0 Å². The Kier molecular flexibility index (Phi) is 7.22. The van der Waals surface area contributed by atoms with E-state index >= 15 is 0 Å². The van der Waals surface area contributed by atoms with Gasteiger partial charge in [-0.25, -0.2) is 18.2 Å². The number of nitrogens with zero attached hydrogens (tertiary/aromatic N) is 1. The van der Waals surface area contributed by atoms with Crippen molar-refractivity contribution < 1.29 is 13.2 Å². The fourth-order valence-electron chi connectivity index (χ4n) is 3.00. The molecule has 0 fully saturated rings. The molecular weight excluding hydrogens is 422 g/mol. The van der Waals surface area contributed by atoms with Gasteiger partial charge in [-0.05, 0) is 48.3 Å². The van der Waals surface area contributed by atoms with Crippen molar-refractivity contribution in [2.24, 2.45) is 0 Å². The predicted molar refractivity (Wildman–Crippen MR) is 122 cm³/mol. The first-order chi connectivity index (χ1) is 14.3. The second kappa shape index (κ2) is 9.86. The third kappa shape index (κ3) is 6.39. The number of fused-ring (bicyclic) bond motifs is 1. The van der Waals surface area contributed by atoms with Crippen molar-refractivity contribution in [3.63, 3.8) is 0 Å². The Morgan fingerprint density at radius 2 is 2.00 bits per heavy atom. The lowest BCUT2D eigenvalue weighted by Gasteiger charge is -2.17. The first-order valence-corrected chi connectivity index (χ1v) is 12.7. The zero-order valence-electron chi connectivity index (χ0n) is 16.8. The first-order valence-electron chi connectivity index (χ1n) is 9.39. The van der Waals surface area contributed by atoms with Gasteiger partial charge in [-0.1, -0.05) is 24.3 Å². The molecule has 8 nitrogen and oxygen atoms in total. The highest BCUT2D eigenvalue weighted by Crippen LogP contribution is 2.20. The van der Waals surface area contributed by atoms with Crippen LogP contribution in [-0.2, 0) is 16.6 Å². The Balaban J connectivity index is 1.64. The molecule has 1 aromatic heterocycles. The lowest BCUT2D eigenvalue weighted by atomic mass is 10.2. The standard InChI is InChI=1S/C20H25N5O3S2/c1-29-11-10-18(19-22-16-8-3-4-9-17(16)23-19)24-20(26)21-13-14-6-5-7-15(12-14)25-30(2,27)28/h3-9,12,18,25H,10-11,13H2,1-2H3,(H,22,23)(H2,21,24,26)/t18-/m0/s1. The molecule has 0 aliphatic heterocycles. The van der Waals surface area contributed by atoms with Crippen molar-refractivity contribution >= 4 is 44.5 Å². The number of sulfonamides is 1. The maximum absolute atomic E-state index is 12.5. The lowest BCUT2D eigenvalue weighted by molar-refractivity contribution is 0.236. The number of aromatic nitrogens is 2. The number of carbonyl (C=O) groups excluding carboxylic acids is 1. The van der Waals surface area contributed by atoms with Gasteiger partial charge in [0.15, 0.2) is 0 Å². The highest BCUT2D eigenvalue weighted by atomic mass is 32.2. The van der Waals surface area contributed by atoms with Gasteiger partial charge in [0.05, 0.1) is 23.3 Å². The topological polar surface area (TPSA) is 116 Å². The van der Waals surface area contributed by atoms with Crippen LogP contribution < -0.4 is 15.4 Å². The number of thioether (sulfide) groups is 1. The SMILES string of the molecule is CSCC[C@H](NC(=O)NCc1cccc(NS(C)(=O)=O)c1)c1nc2ccccc2[nH]1. The van der Waals surface area contributed by atoms with Crippen molar-refractivity contribution in [3.05, 3.63) is 59.9 Å². The summed E-state index contributed by atoms with van der Waals surface area (Å²) in [5, 5.41) is 5.81. The maximum Gasteiger partial charge on any atom is 0.315 e. The van der Waals surface area contributed by atoms with E-state index in [2.05, 4.69) is 25.3 Å². The van der Waals surface area contributed by atoms with Crippen molar-refractivity contribution in [1.29, 1.82) is 0 Å². The van der Waals surface area contributed by atoms with Crippen LogP contribution in [-0.4, -0.2) is 42.7 Å². The van der Waals surface area contributed by atoms with E-state index < -0.39 is 10.0 Å². The molecule has 0 aliphatic carbocycles. The molecule has 160 valence electrons. The Labute approximate surface area is 180 Å². The number of carbonyl (C=O) groups is 1. The van der Waals surface area contributed by atoms with Gasteiger partial charge in [-0.2, -0.15) is 11.8 Å². The number of hydrogen-bond donors (Lipinski definition) is 4. The van der Waals surface area contributed by atoms with Crippen LogP contribution in [0.5, 0.6) is 0 Å². The number of H-pyrrole nitrogens is 1. The van der Waals surface area contributed by atoms with E-state index in [4.69, 9.17) is 0 Å². The van der Waals surface area contributed by atoms with Crippen LogP contribution >= 0.6 is 11.8 Å². The van der Waals surface area contributed by atoms with E-state index in [1.165, 1.54) is 0 Å². The molecule has 10 heteroatoms. The predicted octanol–water partition coefficient (Wildman–Crippen LogP) is 3.23. The Morgan fingerprint density at radius 3 is 2.73 bits per heavy atom. The van der Waals surface area contributed by atoms with Crippen LogP contribution in [0.1, 0.15) is 23.9 Å². The zero-order chi connectivity index (χ0) is 21.6. The van der Waals surface area contributed by atoms with E-state index in [1.807, 2.05) is 36.6 Å². The first kappa shape index (κ1) is 22.0. The van der Waals surface area contributed by atoms with Gasteiger partial charge in [0.1, 0.15) is 5.82 Å². The highest BCUT2D eigenvalue weighted by Gasteiger charge is 2.18. The van der Waals surface area contributed by atoms with Crippen LogP contribution in [0.15, 0.2) is 48.5 Å². The number of para-hydroxylation sites is 2. The van der Waals surface area contributed by atoms with Gasteiger partial charge >= 0.3 is 6.03 Å². The molecule has 0 radical (unpaired) electrons. The van der Waals surface area contributed by atoms with Crippen LogP contribution in [0, 0.1) is 0 Å². The molecule has 1 atom stereocenters. The Hall–Kier alpha value is -2.72. The van der Waals surface area contributed by atoms with Gasteiger partial charge < -0.3 is 15.6 Å². The average Bonchev–Trinajstić information content (AvgIpc) is 3.12. The molecule has 3 rings (SSSR count). The molecule has 0 bridgehead atoms.